The van der Waals surface area contributed by atoms with Gasteiger partial charge < -0.3 is 14.6 Å². The molecular weight excluding hydrogens is 386 g/mol. The van der Waals surface area contributed by atoms with Crippen molar-refractivity contribution >= 4 is 34.5 Å². The zero-order chi connectivity index (χ0) is 15.1. The average molecular weight is 402 g/mol. The summed E-state index contributed by atoms with van der Waals surface area (Å²) >= 11 is 1.88. The van der Waals surface area contributed by atoms with Gasteiger partial charge in [-0.05, 0) is 6.92 Å². The lowest BCUT2D eigenvalue weighted by Crippen LogP contribution is -2.69. The monoisotopic (exact) mass is 402 g/mol. The van der Waals surface area contributed by atoms with Crippen LogP contribution in [0.2, 0.25) is 0 Å². The number of carbonyl (C=O) groups excluding carboxylic acids is 2. The molecule has 7 nitrogen and oxygen atoms in total. The second kappa shape index (κ2) is 5.70. The van der Waals surface area contributed by atoms with E-state index in [-0.39, 0.29) is 6.42 Å². The van der Waals surface area contributed by atoms with Crippen LogP contribution in [0.5, 0.6) is 0 Å². The summed E-state index contributed by atoms with van der Waals surface area (Å²) < 4.78 is 23.2. The maximum absolute atomic E-state index is 13.7. The van der Waals surface area contributed by atoms with Crippen molar-refractivity contribution in [1.29, 1.82) is 0 Å². The summed E-state index contributed by atoms with van der Waals surface area (Å²) in [5, 5.41) is 11.2. The molecule has 9 heteroatoms. The number of nitrogens with one attached hydrogen (secondary N) is 1. The number of rotatable bonds is 3. The molecule has 0 aromatic rings. The van der Waals surface area contributed by atoms with Crippen molar-refractivity contribution in [2.24, 2.45) is 0 Å². The van der Waals surface area contributed by atoms with Crippen molar-refractivity contribution in [2.75, 3.05) is 13.7 Å². The van der Waals surface area contributed by atoms with Crippen LogP contribution in [0.15, 0.2) is 0 Å². The van der Waals surface area contributed by atoms with Gasteiger partial charge in [0.25, 0.3) is 0 Å². The molecule has 0 aromatic carbocycles. The van der Waals surface area contributed by atoms with E-state index in [1.165, 1.54) is 12.0 Å². The fourth-order valence-electron chi connectivity index (χ4n) is 2.40. The topological polar surface area (TPSA) is 88.1 Å². The van der Waals surface area contributed by atoms with Gasteiger partial charge in [-0.2, -0.15) is 0 Å². The Hall–Kier alpha value is -0.520. The smallest absolute Gasteiger partial charge is 0.328 e. The Bertz CT molecular complexity index is 422. The highest BCUT2D eigenvalue weighted by Gasteiger charge is 2.54. The van der Waals surface area contributed by atoms with Crippen LogP contribution in [0, 0.1) is 0 Å². The number of methoxy groups -OCH3 is 1. The summed E-state index contributed by atoms with van der Waals surface area (Å²) in [5.74, 6) is -0.472. The van der Waals surface area contributed by atoms with Crippen molar-refractivity contribution < 1.29 is 28.6 Å². The predicted molar refractivity (Wildman–Crippen MR) is 73.9 cm³/mol. The van der Waals surface area contributed by atoms with E-state index in [0.717, 1.165) is 0 Å². The average Bonchev–Trinajstić information content (AvgIpc) is 2.74. The molecule has 20 heavy (non-hydrogen) atoms. The molecule has 2 N–H and O–H groups in total. The fraction of sp³-hybridized carbons (Fsp3) is 0.818. The third-order valence-electron chi connectivity index (χ3n) is 3.49. The number of aliphatic hydroxyl groups excluding tert-OH is 1. The summed E-state index contributed by atoms with van der Waals surface area (Å²) in [7, 11) is 1.37. The zero-order valence-electron chi connectivity index (χ0n) is 11.0. The van der Waals surface area contributed by atoms with Crippen molar-refractivity contribution in [3.05, 3.63) is 0 Å². The molecule has 0 aromatic heterocycles. The standard InChI is InChI=1S/C11H16FIN2O5/c1-11(13)8(17)14-10(18)15(9(11)19-2)7-3-5(12)6(4-16)20-7/h5-7,9,16H,3-4H2,1-2H3,(H,14,17,18)/t5?,6?,7?,9-,11+/m0/s1. The quantitative estimate of drug-likeness (QED) is 0.519. The van der Waals surface area contributed by atoms with Gasteiger partial charge in [-0.1, -0.05) is 22.6 Å². The van der Waals surface area contributed by atoms with Gasteiger partial charge in [0.05, 0.1) is 6.61 Å². The lowest BCUT2D eigenvalue weighted by Gasteiger charge is -2.44. The number of alkyl halides is 2. The lowest BCUT2D eigenvalue weighted by atomic mass is 10.1. The first-order chi connectivity index (χ1) is 9.32. The second-order valence-corrected chi connectivity index (χ2v) is 7.13. The number of aliphatic hydroxyl groups is 1. The molecule has 0 spiro atoms. The number of hydrogen-bond donors (Lipinski definition) is 2. The molecular formula is C11H16FIN2O5. The number of hydrogen-bond acceptors (Lipinski definition) is 5. The summed E-state index contributed by atoms with van der Waals surface area (Å²) in [6, 6.07) is -0.688. The van der Waals surface area contributed by atoms with Crippen LogP contribution in [0.3, 0.4) is 0 Å². The highest BCUT2D eigenvalue weighted by molar-refractivity contribution is 14.1. The normalized spacial score (nSPS) is 42.0. The summed E-state index contributed by atoms with van der Waals surface area (Å²) in [4.78, 5) is 25.0. The van der Waals surface area contributed by atoms with E-state index in [4.69, 9.17) is 14.6 Å². The van der Waals surface area contributed by atoms with E-state index in [1.54, 1.807) is 6.92 Å². The molecule has 0 radical (unpaired) electrons. The highest BCUT2D eigenvalue weighted by Crippen LogP contribution is 2.36. The van der Waals surface area contributed by atoms with Crippen molar-refractivity contribution in [3.8, 4) is 0 Å². The van der Waals surface area contributed by atoms with Gasteiger partial charge in [0.2, 0.25) is 5.91 Å². The first-order valence-electron chi connectivity index (χ1n) is 6.08. The Morgan fingerprint density at radius 3 is 2.80 bits per heavy atom. The molecule has 2 rings (SSSR count). The molecule has 0 aliphatic carbocycles. The molecule has 3 unspecified atom stereocenters. The van der Waals surface area contributed by atoms with Gasteiger partial charge in [0.15, 0.2) is 6.23 Å². The molecule has 3 amide bonds. The molecule has 2 aliphatic heterocycles. The summed E-state index contributed by atoms with van der Waals surface area (Å²) in [6.45, 7) is 1.15. The number of carbonyl (C=O) groups is 2. The van der Waals surface area contributed by atoms with Gasteiger partial charge in [-0.3, -0.25) is 15.0 Å². The van der Waals surface area contributed by atoms with E-state index in [0.29, 0.717) is 0 Å². The molecule has 5 atom stereocenters. The highest BCUT2D eigenvalue weighted by atomic mass is 127. The van der Waals surface area contributed by atoms with Crippen LogP contribution in [0.1, 0.15) is 13.3 Å². The zero-order valence-corrected chi connectivity index (χ0v) is 13.2. The van der Waals surface area contributed by atoms with Crippen LogP contribution >= 0.6 is 22.6 Å². The Labute approximate surface area is 128 Å². The number of halogens is 2. The minimum atomic E-state index is -1.37. The Morgan fingerprint density at radius 1 is 1.65 bits per heavy atom. The fourth-order valence-corrected chi connectivity index (χ4v) is 3.09. The number of imide groups is 1. The Balaban J connectivity index is 2.25. The van der Waals surface area contributed by atoms with E-state index in [2.05, 4.69) is 5.32 Å². The molecule has 2 heterocycles. The van der Waals surface area contributed by atoms with Crippen LogP contribution in [-0.2, 0) is 14.3 Å². The molecule has 114 valence electrons. The van der Waals surface area contributed by atoms with Gasteiger partial charge in [0.1, 0.15) is 21.9 Å². The van der Waals surface area contributed by atoms with Crippen LogP contribution in [-0.4, -0.2) is 63.8 Å². The first kappa shape index (κ1) is 15.9. The van der Waals surface area contributed by atoms with Gasteiger partial charge >= 0.3 is 6.03 Å². The van der Waals surface area contributed by atoms with Gasteiger partial charge in [0, 0.05) is 13.5 Å². The third kappa shape index (κ3) is 2.51. The number of nitrogens with zero attached hydrogens (tertiary/aromatic N) is 1. The Kier molecular flexibility index (Phi) is 4.52. The number of ether oxygens (including phenoxy) is 2. The van der Waals surface area contributed by atoms with Gasteiger partial charge in [-0.15, -0.1) is 0 Å². The lowest BCUT2D eigenvalue weighted by molar-refractivity contribution is -0.152. The first-order valence-corrected chi connectivity index (χ1v) is 7.16. The molecule has 2 saturated heterocycles. The molecule has 2 aliphatic rings. The number of urea groups is 1. The largest absolute Gasteiger partial charge is 0.394 e. The van der Waals surface area contributed by atoms with E-state index in [1.807, 2.05) is 22.6 Å². The third-order valence-corrected chi connectivity index (χ3v) is 4.51. The van der Waals surface area contributed by atoms with Crippen molar-refractivity contribution in [3.63, 3.8) is 0 Å². The van der Waals surface area contributed by atoms with Gasteiger partial charge in [-0.25, -0.2) is 9.18 Å². The van der Waals surface area contributed by atoms with E-state index in [9.17, 15) is 14.0 Å². The minimum Gasteiger partial charge on any atom is -0.394 e. The molecule has 0 bridgehead atoms. The maximum Gasteiger partial charge on any atom is 0.328 e. The summed E-state index contributed by atoms with van der Waals surface area (Å²) in [6.07, 6.45) is -4.16. The van der Waals surface area contributed by atoms with Crippen LogP contribution in [0.25, 0.3) is 0 Å². The minimum absolute atomic E-state index is 0.0700. The van der Waals surface area contributed by atoms with E-state index < -0.39 is 46.7 Å². The SMILES string of the molecule is CO[C@@H]1N(C2CC(F)C(CO)O2)C(=O)NC(=O)[C@@]1(C)I. The molecule has 0 saturated carbocycles. The van der Waals surface area contributed by atoms with Crippen molar-refractivity contribution in [2.45, 2.75) is 41.5 Å². The van der Waals surface area contributed by atoms with Crippen LogP contribution < -0.4 is 5.32 Å². The Morgan fingerprint density at radius 2 is 2.30 bits per heavy atom. The number of amides is 3. The predicted octanol–water partition coefficient (Wildman–Crippen LogP) is 0.150. The molecule has 2 fully saturated rings. The van der Waals surface area contributed by atoms with Crippen molar-refractivity contribution in [1.82, 2.24) is 10.2 Å². The second-order valence-electron chi connectivity index (χ2n) is 4.89. The maximum atomic E-state index is 13.7. The summed E-state index contributed by atoms with van der Waals surface area (Å²) in [5.41, 5.74) is 0. The van der Waals surface area contributed by atoms with E-state index >= 15 is 0 Å². The van der Waals surface area contributed by atoms with Crippen LogP contribution in [0.4, 0.5) is 9.18 Å².